The molecule has 0 atom stereocenters. The highest BCUT2D eigenvalue weighted by atomic mass is 79.9. The third kappa shape index (κ3) is 2.47. The van der Waals surface area contributed by atoms with E-state index >= 15 is 0 Å². The number of methoxy groups -OCH3 is 1. The fourth-order valence-corrected chi connectivity index (χ4v) is 2.77. The van der Waals surface area contributed by atoms with Crippen molar-refractivity contribution in [3.05, 3.63) is 50.2 Å². The van der Waals surface area contributed by atoms with Crippen molar-refractivity contribution in [3.63, 3.8) is 0 Å². The van der Waals surface area contributed by atoms with Crippen molar-refractivity contribution in [2.24, 2.45) is 0 Å². The van der Waals surface area contributed by atoms with E-state index in [1.54, 1.807) is 6.07 Å². The summed E-state index contributed by atoms with van der Waals surface area (Å²) in [7, 11) is 1.44. The van der Waals surface area contributed by atoms with Gasteiger partial charge >= 0.3 is 0 Å². The molecule has 0 amide bonds. The Morgan fingerprint density at radius 1 is 1.48 bits per heavy atom. The van der Waals surface area contributed by atoms with Gasteiger partial charge in [-0.25, -0.2) is 9.37 Å². The zero-order valence-corrected chi connectivity index (χ0v) is 12.9. The van der Waals surface area contributed by atoms with Crippen LogP contribution in [0.25, 0.3) is 5.69 Å². The molecule has 1 aliphatic heterocycles. The number of pyridine rings is 2. The SMILES string of the molecule is COc1nc(Br)c(F)cc1-n1c2c(ccc1=O)CNCC2. The second-order valence-electron chi connectivity index (χ2n) is 4.70. The van der Waals surface area contributed by atoms with Crippen molar-refractivity contribution < 1.29 is 9.13 Å². The van der Waals surface area contributed by atoms with E-state index in [1.807, 2.05) is 0 Å². The molecule has 1 N–H and O–H groups in total. The molecule has 2 aromatic heterocycles. The maximum atomic E-state index is 13.9. The molecule has 1 aliphatic rings. The monoisotopic (exact) mass is 353 g/mol. The minimum atomic E-state index is -0.538. The van der Waals surface area contributed by atoms with Gasteiger partial charge in [0.25, 0.3) is 5.56 Å². The first-order valence-electron chi connectivity index (χ1n) is 6.46. The van der Waals surface area contributed by atoms with Gasteiger partial charge in [0, 0.05) is 37.3 Å². The van der Waals surface area contributed by atoms with Gasteiger partial charge in [0.15, 0.2) is 5.82 Å². The molecule has 2 aromatic rings. The fraction of sp³-hybridized carbons (Fsp3) is 0.286. The van der Waals surface area contributed by atoms with Gasteiger partial charge in [-0.05, 0) is 21.5 Å². The van der Waals surface area contributed by atoms with E-state index in [0.29, 0.717) is 18.7 Å². The third-order valence-electron chi connectivity index (χ3n) is 3.46. The Hall–Kier alpha value is -1.73. The number of nitrogens with zero attached hydrogens (tertiary/aromatic N) is 2. The standard InChI is InChI=1S/C14H13BrFN3O2/c1-21-14-11(6-9(16)13(15)18-14)19-10-4-5-17-7-8(10)2-3-12(19)20/h2-3,6,17H,4-5,7H2,1H3. The number of ether oxygens (including phenoxy) is 1. The second kappa shape index (κ2) is 5.57. The largest absolute Gasteiger partial charge is 0.479 e. The number of hydrogen-bond donors (Lipinski definition) is 1. The minimum absolute atomic E-state index is 0.0580. The minimum Gasteiger partial charge on any atom is -0.479 e. The van der Waals surface area contributed by atoms with E-state index in [4.69, 9.17) is 4.74 Å². The predicted molar refractivity (Wildman–Crippen MR) is 79.5 cm³/mol. The summed E-state index contributed by atoms with van der Waals surface area (Å²) in [5, 5.41) is 3.24. The lowest BCUT2D eigenvalue weighted by atomic mass is 10.1. The van der Waals surface area contributed by atoms with Crippen LogP contribution in [0, 0.1) is 5.82 Å². The first-order valence-corrected chi connectivity index (χ1v) is 7.26. The second-order valence-corrected chi connectivity index (χ2v) is 5.45. The molecule has 21 heavy (non-hydrogen) atoms. The number of halogens is 2. The van der Waals surface area contributed by atoms with Crippen LogP contribution in [0.3, 0.4) is 0 Å². The zero-order chi connectivity index (χ0) is 15.0. The Morgan fingerprint density at radius 3 is 3.05 bits per heavy atom. The molecule has 0 saturated carbocycles. The smallest absolute Gasteiger partial charge is 0.255 e. The van der Waals surface area contributed by atoms with Crippen molar-refractivity contribution in [1.82, 2.24) is 14.9 Å². The molecule has 7 heteroatoms. The Balaban J connectivity index is 2.30. The number of fused-ring (bicyclic) bond motifs is 1. The molecule has 0 bridgehead atoms. The van der Waals surface area contributed by atoms with E-state index in [9.17, 15) is 9.18 Å². The predicted octanol–water partition coefficient (Wildman–Crippen LogP) is 1.79. The van der Waals surface area contributed by atoms with Crippen LogP contribution in [0.4, 0.5) is 4.39 Å². The van der Waals surface area contributed by atoms with Gasteiger partial charge in [-0.3, -0.25) is 9.36 Å². The van der Waals surface area contributed by atoms with Crippen LogP contribution >= 0.6 is 15.9 Å². The first kappa shape index (κ1) is 14.2. The number of rotatable bonds is 2. The highest BCUT2D eigenvalue weighted by Crippen LogP contribution is 2.27. The molecule has 110 valence electrons. The lowest BCUT2D eigenvalue weighted by Crippen LogP contribution is -2.31. The van der Waals surface area contributed by atoms with E-state index in [2.05, 4.69) is 26.2 Å². The summed E-state index contributed by atoms with van der Waals surface area (Å²) < 4.78 is 20.6. The molecule has 0 radical (unpaired) electrons. The first-order chi connectivity index (χ1) is 10.1. The van der Waals surface area contributed by atoms with E-state index < -0.39 is 5.82 Å². The summed E-state index contributed by atoms with van der Waals surface area (Å²) >= 11 is 3.02. The van der Waals surface area contributed by atoms with Crippen LogP contribution in [0.2, 0.25) is 0 Å². The van der Waals surface area contributed by atoms with Crippen LogP contribution in [0.15, 0.2) is 27.6 Å². The van der Waals surface area contributed by atoms with Gasteiger partial charge in [0.2, 0.25) is 5.88 Å². The van der Waals surface area contributed by atoms with Crippen molar-refractivity contribution in [1.29, 1.82) is 0 Å². The molecule has 0 aromatic carbocycles. The average Bonchev–Trinajstić information content (AvgIpc) is 2.50. The van der Waals surface area contributed by atoms with Crippen molar-refractivity contribution in [2.75, 3.05) is 13.7 Å². The highest BCUT2D eigenvalue weighted by Gasteiger charge is 2.20. The number of nitrogens with one attached hydrogen (secondary N) is 1. The van der Waals surface area contributed by atoms with Gasteiger partial charge < -0.3 is 10.1 Å². The van der Waals surface area contributed by atoms with Gasteiger partial charge in [-0.1, -0.05) is 6.07 Å². The van der Waals surface area contributed by atoms with Crippen LogP contribution in [-0.2, 0) is 13.0 Å². The summed E-state index contributed by atoms with van der Waals surface area (Å²) in [6.07, 6.45) is 0.687. The summed E-state index contributed by atoms with van der Waals surface area (Å²) in [5.74, 6) is -0.332. The molecule has 3 rings (SSSR count). The summed E-state index contributed by atoms with van der Waals surface area (Å²) in [6.45, 7) is 1.45. The Labute approximate surface area is 128 Å². The molecular weight excluding hydrogens is 341 g/mol. The Morgan fingerprint density at radius 2 is 2.29 bits per heavy atom. The maximum absolute atomic E-state index is 13.9. The maximum Gasteiger partial charge on any atom is 0.255 e. The molecule has 5 nitrogen and oxygen atoms in total. The van der Waals surface area contributed by atoms with Crippen molar-refractivity contribution in [2.45, 2.75) is 13.0 Å². The summed E-state index contributed by atoms with van der Waals surface area (Å²) in [5.41, 5.74) is 1.98. The number of aromatic nitrogens is 2. The normalized spacial score (nSPS) is 13.9. The summed E-state index contributed by atoms with van der Waals surface area (Å²) in [4.78, 5) is 16.3. The average molecular weight is 354 g/mol. The fourth-order valence-electron chi connectivity index (χ4n) is 2.50. The van der Waals surface area contributed by atoms with Crippen LogP contribution in [0.5, 0.6) is 5.88 Å². The van der Waals surface area contributed by atoms with Crippen molar-refractivity contribution >= 4 is 15.9 Å². The Kier molecular flexibility index (Phi) is 3.77. The Bertz CT molecular complexity index is 761. The lowest BCUT2D eigenvalue weighted by molar-refractivity contribution is 0.391. The van der Waals surface area contributed by atoms with E-state index in [1.165, 1.54) is 23.8 Å². The molecule has 0 fully saturated rings. The molecule has 0 unspecified atom stereocenters. The van der Waals surface area contributed by atoms with E-state index in [0.717, 1.165) is 17.8 Å². The summed E-state index contributed by atoms with van der Waals surface area (Å²) in [6, 6.07) is 4.54. The molecule has 0 aliphatic carbocycles. The quantitative estimate of drug-likeness (QED) is 0.836. The zero-order valence-electron chi connectivity index (χ0n) is 11.3. The molecular formula is C14H13BrFN3O2. The van der Waals surface area contributed by atoms with Crippen LogP contribution < -0.4 is 15.6 Å². The molecule has 0 saturated heterocycles. The molecule has 0 spiro atoms. The van der Waals surface area contributed by atoms with Crippen LogP contribution in [-0.4, -0.2) is 23.2 Å². The highest BCUT2D eigenvalue weighted by molar-refractivity contribution is 9.10. The van der Waals surface area contributed by atoms with Crippen molar-refractivity contribution in [3.8, 4) is 11.6 Å². The van der Waals surface area contributed by atoms with Gasteiger partial charge in [0.05, 0.1) is 7.11 Å². The van der Waals surface area contributed by atoms with Crippen LogP contribution in [0.1, 0.15) is 11.3 Å². The third-order valence-corrected chi connectivity index (χ3v) is 4.01. The van der Waals surface area contributed by atoms with E-state index in [-0.39, 0.29) is 16.0 Å². The number of hydrogen-bond acceptors (Lipinski definition) is 4. The topological polar surface area (TPSA) is 56.2 Å². The lowest BCUT2D eigenvalue weighted by Gasteiger charge is -2.22. The van der Waals surface area contributed by atoms with Gasteiger partial charge in [-0.15, -0.1) is 0 Å². The van der Waals surface area contributed by atoms with Gasteiger partial charge in [-0.2, -0.15) is 0 Å². The van der Waals surface area contributed by atoms with Gasteiger partial charge in [0.1, 0.15) is 10.3 Å². The molecule has 3 heterocycles.